The average Bonchev–Trinajstić information content (AvgIpc) is 2.52. The molecule has 2 rings (SSSR count). The van der Waals surface area contributed by atoms with Gasteiger partial charge in [-0.1, -0.05) is 45.9 Å². The molecular weight excluding hydrogens is 220 g/mol. The lowest BCUT2D eigenvalue weighted by Gasteiger charge is -2.12. The zero-order valence-electron chi connectivity index (χ0n) is 11.8. The van der Waals surface area contributed by atoms with Crippen LogP contribution >= 0.6 is 0 Å². The zero-order valence-corrected chi connectivity index (χ0v) is 11.8. The van der Waals surface area contributed by atoms with E-state index in [2.05, 4.69) is 43.1 Å². The molecule has 0 radical (unpaired) electrons. The molecule has 0 saturated carbocycles. The maximum atomic E-state index is 8.96. The van der Waals surface area contributed by atoms with E-state index in [9.17, 15) is 0 Å². The van der Waals surface area contributed by atoms with E-state index < -0.39 is 0 Å². The van der Waals surface area contributed by atoms with E-state index in [1.807, 2.05) is 26.8 Å². The van der Waals surface area contributed by atoms with Crippen molar-refractivity contribution in [2.24, 2.45) is 5.41 Å². The summed E-state index contributed by atoms with van der Waals surface area (Å²) in [7, 11) is 0. The molecule has 1 aliphatic rings. The maximum absolute atomic E-state index is 8.96. The molecule has 1 heterocycles. The number of rotatable bonds is 0. The lowest BCUT2D eigenvalue weighted by molar-refractivity contribution is 0.633. The normalized spacial score (nSPS) is 14.9. The van der Waals surface area contributed by atoms with Crippen LogP contribution < -0.4 is 0 Å². The second-order valence-electron chi connectivity index (χ2n) is 4.70. The van der Waals surface area contributed by atoms with Crippen molar-refractivity contribution in [1.82, 2.24) is 4.98 Å². The Labute approximate surface area is 110 Å². The van der Waals surface area contributed by atoms with Gasteiger partial charge in [0.05, 0.1) is 11.3 Å². The van der Waals surface area contributed by atoms with Crippen molar-refractivity contribution in [1.29, 1.82) is 5.26 Å². The summed E-state index contributed by atoms with van der Waals surface area (Å²) in [5.41, 5.74) is 3.70. The number of fused-ring (bicyclic) bond motifs is 1. The SMILES string of the molecule is CC.Cc1c(C#N)cnc2c1C=CC(C)(C)C=C2. The van der Waals surface area contributed by atoms with Gasteiger partial charge in [0, 0.05) is 17.2 Å². The maximum Gasteiger partial charge on any atom is 0.101 e. The van der Waals surface area contributed by atoms with Gasteiger partial charge in [-0.05, 0) is 18.6 Å². The molecular formula is C16H20N2. The van der Waals surface area contributed by atoms with Crippen LogP contribution in [-0.2, 0) is 0 Å². The smallest absolute Gasteiger partial charge is 0.101 e. The first-order valence-corrected chi connectivity index (χ1v) is 6.32. The molecule has 0 amide bonds. The van der Waals surface area contributed by atoms with E-state index in [0.717, 1.165) is 16.8 Å². The summed E-state index contributed by atoms with van der Waals surface area (Å²) in [6.45, 7) is 10.3. The molecule has 1 aliphatic carbocycles. The van der Waals surface area contributed by atoms with Gasteiger partial charge in [-0.2, -0.15) is 5.26 Å². The fraction of sp³-hybridized carbons (Fsp3) is 0.375. The van der Waals surface area contributed by atoms with Crippen molar-refractivity contribution in [2.45, 2.75) is 34.6 Å². The predicted molar refractivity (Wildman–Crippen MR) is 76.9 cm³/mol. The van der Waals surface area contributed by atoms with Crippen LogP contribution in [0.1, 0.15) is 50.1 Å². The van der Waals surface area contributed by atoms with Gasteiger partial charge < -0.3 is 0 Å². The summed E-state index contributed by atoms with van der Waals surface area (Å²) in [6.07, 6.45) is 10.0. The van der Waals surface area contributed by atoms with Crippen LogP contribution in [0.2, 0.25) is 0 Å². The summed E-state index contributed by atoms with van der Waals surface area (Å²) in [6, 6.07) is 2.17. The van der Waals surface area contributed by atoms with Gasteiger partial charge >= 0.3 is 0 Å². The first kappa shape index (κ1) is 14.2. The van der Waals surface area contributed by atoms with Crippen LogP contribution in [0, 0.1) is 23.7 Å². The van der Waals surface area contributed by atoms with Crippen molar-refractivity contribution < 1.29 is 0 Å². The van der Waals surface area contributed by atoms with Crippen LogP contribution in [0.25, 0.3) is 12.2 Å². The van der Waals surface area contributed by atoms with Gasteiger partial charge in [0.1, 0.15) is 6.07 Å². The van der Waals surface area contributed by atoms with Gasteiger partial charge in [0.2, 0.25) is 0 Å². The molecule has 0 unspecified atom stereocenters. The number of aromatic nitrogens is 1. The van der Waals surface area contributed by atoms with Gasteiger partial charge in [0.15, 0.2) is 0 Å². The number of hydrogen-bond donors (Lipinski definition) is 0. The third kappa shape index (κ3) is 2.87. The van der Waals surface area contributed by atoms with Crippen LogP contribution in [-0.4, -0.2) is 4.98 Å². The summed E-state index contributed by atoms with van der Waals surface area (Å²) in [5.74, 6) is 0. The van der Waals surface area contributed by atoms with Crippen LogP contribution in [0.15, 0.2) is 18.3 Å². The number of hydrogen-bond acceptors (Lipinski definition) is 2. The minimum Gasteiger partial charge on any atom is -0.255 e. The van der Waals surface area contributed by atoms with E-state index in [4.69, 9.17) is 5.26 Å². The highest BCUT2D eigenvalue weighted by Crippen LogP contribution is 2.28. The second kappa shape index (κ2) is 5.64. The fourth-order valence-electron chi connectivity index (χ4n) is 1.74. The van der Waals surface area contributed by atoms with E-state index in [1.165, 1.54) is 0 Å². The molecule has 2 heteroatoms. The molecule has 0 aliphatic heterocycles. The molecule has 94 valence electrons. The Morgan fingerprint density at radius 3 is 2.39 bits per heavy atom. The molecule has 1 aromatic rings. The van der Waals surface area contributed by atoms with Gasteiger partial charge in [0.25, 0.3) is 0 Å². The molecule has 0 saturated heterocycles. The van der Waals surface area contributed by atoms with Crippen LogP contribution in [0.3, 0.4) is 0 Å². The fourth-order valence-corrected chi connectivity index (χ4v) is 1.74. The number of nitriles is 1. The molecule has 1 aromatic heterocycles. The highest BCUT2D eigenvalue weighted by atomic mass is 14.7. The number of allylic oxidation sites excluding steroid dienone is 2. The second-order valence-corrected chi connectivity index (χ2v) is 4.70. The van der Waals surface area contributed by atoms with Crippen molar-refractivity contribution in [3.8, 4) is 6.07 Å². The molecule has 0 bridgehead atoms. The minimum absolute atomic E-state index is 0.0416. The lowest BCUT2D eigenvalue weighted by atomic mass is 9.93. The zero-order chi connectivity index (χ0) is 13.8. The molecule has 0 N–H and O–H groups in total. The topological polar surface area (TPSA) is 36.7 Å². The summed E-state index contributed by atoms with van der Waals surface area (Å²) >= 11 is 0. The van der Waals surface area contributed by atoms with E-state index >= 15 is 0 Å². The molecule has 2 nitrogen and oxygen atoms in total. The Hall–Kier alpha value is -1.88. The van der Waals surface area contributed by atoms with Gasteiger partial charge in [-0.3, -0.25) is 4.98 Å². The summed E-state index contributed by atoms with van der Waals surface area (Å²) in [4.78, 5) is 4.32. The molecule has 18 heavy (non-hydrogen) atoms. The van der Waals surface area contributed by atoms with Crippen molar-refractivity contribution in [3.63, 3.8) is 0 Å². The highest BCUT2D eigenvalue weighted by Gasteiger charge is 2.15. The largest absolute Gasteiger partial charge is 0.255 e. The Morgan fingerprint density at radius 1 is 1.17 bits per heavy atom. The molecule has 0 aromatic carbocycles. The van der Waals surface area contributed by atoms with Crippen LogP contribution in [0.5, 0.6) is 0 Å². The Bertz CT molecular complexity index is 529. The average molecular weight is 240 g/mol. The van der Waals surface area contributed by atoms with E-state index in [1.54, 1.807) is 6.20 Å². The molecule has 0 atom stereocenters. The third-order valence-corrected chi connectivity index (χ3v) is 2.89. The first-order chi connectivity index (χ1) is 8.53. The summed E-state index contributed by atoms with van der Waals surface area (Å²) in [5, 5.41) is 8.96. The predicted octanol–water partition coefficient (Wildman–Crippen LogP) is 4.35. The molecule has 0 fully saturated rings. The van der Waals surface area contributed by atoms with E-state index in [-0.39, 0.29) is 5.41 Å². The lowest BCUT2D eigenvalue weighted by Crippen LogP contribution is -2.00. The number of nitrogens with zero attached hydrogens (tertiary/aromatic N) is 2. The van der Waals surface area contributed by atoms with Crippen molar-refractivity contribution >= 4 is 12.2 Å². The van der Waals surface area contributed by atoms with Crippen molar-refractivity contribution in [3.05, 3.63) is 40.7 Å². The summed E-state index contributed by atoms with van der Waals surface area (Å²) < 4.78 is 0. The Morgan fingerprint density at radius 2 is 1.78 bits per heavy atom. The Kier molecular flexibility index (Phi) is 4.44. The highest BCUT2D eigenvalue weighted by molar-refractivity contribution is 5.70. The van der Waals surface area contributed by atoms with Crippen LogP contribution in [0.4, 0.5) is 0 Å². The quantitative estimate of drug-likeness (QED) is 0.675. The Balaban J connectivity index is 0.000000771. The standard InChI is InChI=1S/C14H14N2.C2H6/c1-10-11(8-15)9-16-13-5-7-14(2,3)6-4-12(10)13;1-2/h4-7,9H,1-3H3;1-2H3. The van der Waals surface area contributed by atoms with Crippen molar-refractivity contribution in [2.75, 3.05) is 0 Å². The number of pyridine rings is 1. The molecule has 0 spiro atoms. The van der Waals surface area contributed by atoms with E-state index in [0.29, 0.717) is 5.56 Å². The monoisotopic (exact) mass is 240 g/mol. The first-order valence-electron chi connectivity index (χ1n) is 6.32. The van der Waals surface area contributed by atoms with Gasteiger partial charge in [-0.25, -0.2) is 0 Å². The minimum atomic E-state index is 0.0416. The van der Waals surface area contributed by atoms with Gasteiger partial charge in [-0.15, -0.1) is 0 Å². The third-order valence-electron chi connectivity index (χ3n) is 2.89.